The Kier molecular flexibility index (Phi) is 4.35. The zero-order valence-corrected chi connectivity index (χ0v) is 12.0. The van der Waals surface area contributed by atoms with Crippen LogP contribution in [-0.2, 0) is 28.9 Å². The molecule has 0 atom stereocenters. The molecule has 20 heavy (non-hydrogen) atoms. The van der Waals surface area contributed by atoms with Crippen molar-refractivity contribution in [2.24, 2.45) is 0 Å². The van der Waals surface area contributed by atoms with Crippen LogP contribution >= 0.6 is 0 Å². The highest BCUT2D eigenvalue weighted by Crippen LogP contribution is 2.10. The van der Waals surface area contributed by atoms with E-state index in [-0.39, 0.29) is 12.3 Å². The summed E-state index contributed by atoms with van der Waals surface area (Å²) in [6.07, 6.45) is 1.57. The fraction of sp³-hybridized carbons (Fsp3) is 0.333. The molecule has 0 unspecified atom stereocenters. The minimum atomic E-state index is -3.44. The van der Waals surface area contributed by atoms with Gasteiger partial charge in [-0.05, 0) is 24.6 Å². The van der Waals surface area contributed by atoms with Gasteiger partial charge in [-0.3, -0.25) is 0 Å². The highest BCUT2D eigenvalue weighted by molar-refractivity contribution is 7.88. The second kappa shape index (κ2) is 6.02. The maximum Gasteiger partial charge on any atom is 0.216 e. The van der Waals surface area contributed by atoms with E-state index in [9.17, 15) is 8.42 Å². The molecule has 3 N–H and O–H groups in total. The van der Waals surface area contributed by atoms with Crippen LogP contribution in [-0.4, -0.2) is 23.2 Å². The van der Waals surface area contributed by atoms with Crippen molar-refractivity contribution in [3.8, 4) is 0 Å². The van der Waals surface area contributed by atoms with Gasteiger partial charge in [0.15, 0.2) is 0 Å². The van der Waals surface area contributed by atoms with Gasteiger partial charge in [0, 0.05) is 12.2 Å². The van der Waals surface area contributed by atoms with Crippen LogP contribution in [0.25, 0.3) is 0 Å². The van der Waals surface area contributed by atoms with E-state index in [1.807, 2.05) is 6.92 Å². The maximum absolute atomic E-state index is 12.0. The SMILES string of the molecule is CCn1cnnc1CNS(=O)(=O)Cc1cccc(N)c1. The third-order valence-electron chi connectivity index (χ3n) is 2.79. The average molecular weight is 295 g/mol. The molecular weight excluding hydrogens is 278 g/mol. The Morgan fingerprint density at radius 2 is 2.20 bits per heavy atom. The zero-order chi connectivity index (χ0) is 14.6. The molecule has 2 aromatic rings. The highest BCUT2D eigenvalue weighted by Gasteiger charge is 2.13. The van der Waals surface area contributed by atoms with Crippen molar-refractivity contribution in [1.29, 1.82) is 0 Å². The number of nitrogens with two attached hydrogens (primary N) is 1. The Morgan fingerprint density at radius 1 is 1.40 bits per heavy atom. The molecule has 0 amide bonds. The summed E-state index contributed by atoms with van der Waals surface area (Å²) in [6.45, 7) is 2.76. The fourth-order valence-corrected chi connectivity index (χ4v) is 2.88. The fourth-order valence-electron chi connectivity index (χ4n) is 1.81. The number of nitrogen functional groups attached to an aromatic ring is 1. The number of nitrogens with zero attached hydrogens (tertiary/aromatic N) is 3. The Balaban J connectivity index is 2.01. The molecule has 0 radical (unpaired) electrons. The molecule has 108 valence electrons. The molecule has 0 bridgehead atoms. The van der Waals surface area contributed by atoms with Gasteiger partial charge >= 0.3 is 0 Å². The lowest BCUT2D eigenvalue weighted by Gasteiger charge is -2.07. The van der Waals surface area contributed by atoms with E-state index in [0.717, 1.165) is 0 Å². The van der Waals surface area contributed by atoms with Gasteiger partial charge in [-0.1, -0.05) is 12.1 Å². The number of anilines is 1. The Morgan fingerprint density at radius 3 is 2.90 bits per heavy atom. The molecule has 0 aliphatic rings. The lowest BCUT2D eigenvalue weighted by molar-refractivity contribution is 0.574. The zero-order valence-electron chi connectivity index (χ0n) is 11.2. The van der Waals surface area contributed by atoms with Crippen molar-refractivity contribution in [3.05, 3.63) is 42.0 Å². The molecule has 0 aliphatic heterocycles. The van der Waals surface area contributed by atoms with Crippen LogP contribution in [0.3, 0.4) is 0 Å². The van der Waals surface area contributed by atoms with E-state index in [1.54, 1.807) is 35.2 Å². The van der Waals surface area contributed by atoms with Crippen LogP contribution in [0.4, 0.5) is 5.69 Å². The van der Waals surface area contributed by atoms with E-state index in [2.05, 4.69) is 14.9 Å². The molecule has 0 aliphatic carbocycles. The summed E-state index contributed by atoms with van der Waals surface area (Å²) < 4.78 is 28.3. The van der Waals surface area contributed by atoms with Crippen LogP contribution in [0.2, 0.25) is 0 Å². The Hall–Kier alpha value is -1.93. The quantitative estimate of drug-likeness (QED) is 0.755. The van der Waals surface area contributed by atoms with E-state index < -0.39 is 10.0 Å². The molecule has 2 rings (SSSR count). The van der Waals surface area contributed by atoms with Crippen molar-refractivity contribution in [1.82, 2.24) is 19.5 Å². The number of aryl methyl sites for hydroxylation is 1. The molecule has 0 fully saturated rings. The number of hydrogen-bond donors (Lipinski definition) is 2. The summed E-state index contributed by atoms with van der Waals surface area (Å²) in [6, 6.07) is 6.82. The van der Waals surface area contributed by atoms with Crippen molar-refractivity contribution >= 4 is 15.7 Å². The van der Waals surface area contributed by atoms with E-state index in [1.165, 1.54) is 0 Å². The van der Waals surface area contributed by atoms with Crippen molar-refractivity contribution < 1.29 is 8.42 Å². The van der Waals surface area contributed by atoms with Gasteiger partial charge in [0.2, 0.25) is 10.0 Å². The van der Waals surface area contributed by atoms with E-state index >= 15 is 0 Å². The number of nitrogens with one attached hydrogen (secondary N) is 1. The van der Waals surface area contributed by atoms with Crippen molar-refractivity contribution in [2.75, 3.05) is 5.73 Å². The van der Waals surface area contributed by atoms with E-state index in [0.29, 0.717) is 23.6 Å². The summed E-state index contributed by atoms with van der Waals surface area (Å²) in [7, 11) is -3.44. The summed E-state index contributed by atoms with van der Waals surface area (Å²) in [5.74, 6) is 0.474. The summed E-state index contributed by atoms with van der Waals surface area (Å²) >= 11 is 0. The van der Waals surface area contributed by atoms with Gasteiger partial charge in [0.1, 0.15) is 12.2 Å². The van der Waals surface area contributed by atoms with E-state index in [4.69, 9.17) is 5.73 Å². The Labute approximate surface area is 117 Å². The smallest absolute Gasteiger partial charge is 0.216 e. The molecule has 1 aromatic carbocycles. The topological polar surface area (TPSA) is 103 Å². The molecular formula is C12H17N5O2S. The maximum atomic E-state index is 12.0. The second-order valence-electron chi connectivity index (χ2n) is 4.36. The second-order valence-corrected chi connectivity index (χ2v) is 6.17. The van der Waals surface area contributed by atoms with Crippen molar-refractivity contribution in [3.63, 3.8) is 0 Å². The van der Waals surface area contributed by atoms with Gasteiger partial charge < -0.3 is 10.3 Å². The minimum Gasteiger partial charge on any atom is -0.399 e. The van der Waals surface area contributed by atoms with Crippen LogP contribution in [0, 0.1) is 0 Å². The molecule has 1 heterocycles. The van der Waals surface area contributed by atoms with Crippen LogP contribution in [0.15, 0.2) is 30.6 Å². The minimum absolute atomic E-state index is 0.113. The van der Waals surface area contributed by atoms with Crippen LogP contribution in [0.5, 0.6) is 0 Å². The predicted molar refractivity (Wildman–Crippen MR) is 76.0 cm³/mol. The van der Waals surface area contributed by atoms with Crippen molar-refractivity contribution in [2.45, 2.75) is 25.8 Å². The number of benzene rings is 1. The lowest BCUT2D eigenvalue weighted by Crippen LogP contribution is -2.26. The van der Waals surface area contributed by atoms with Gasteiger partial charge in [-0.15, -0.1) is 10.2 Å². The molecule has 0 spiro atoms. The summed E-state index contributed by atoms with van der Waals surface area (Å²) in [4.78, 5) is 0. The number of sulfonamides is 1. The standard InChI is InChI=1S/C12H17N5O2S/c1-2-17-9-14-16-12(17)7-15-20(18,19)8-10-4-3-5-11(13)6-10/h3-6,9,15H,2,7-8,13H2,1H3. The first-order chi connectivity index (χ1) is 9.50. The lowest BCUT2D eigenvalue weighted by atomic mass is 10.2. The third-order valence-corrected chi connectivity index (χ3v) is 4.09. The van der Waals surface area contributed by atoms with Gasteiger partial charge in [0.25, 0.3) is 0 Å². The number of rotatable bonds is 6. The largest absolute Gasteiger partial charge is 0.399 e. The van der Waals surface area contributed by atoms with Crippen LogP contribution in [0.1, 0.15) is 18.3 Å². The first-order valence-electron chi connectivity index (χ1n) is 6.18. The van der Waals surface area contributed by atoms with Gasteiger partial charge in [-0.2, -0.15) is 0 Å². The Bertz CT molecular complexity index is 681. The van der Waals surface area contributed by atoms with Gasteiger partial charge in [0.05, 0.1) is 12.3 Å². The monoisotopic (exact) mass is 295 g/mol. The molecule has 1 aromatic heterocycles. The summed E-state index contributed by atoms with van der Waals surface area (Å²) in [5.41, 5.74) is 6.82. The number of aromatic nitrogens is 3. The third kappa shape index (κ3) is 3.78. The molecule has 7 nitrogen and oxygen atoms in total. The van der Waals surface area contributed by atoms with Crippen LogP contribution < -0.4 is 10.5 Å². The first-order valence-corrected chi connectivity index (χ1v) is 7.84. The first kappa shape index (κ1) is 14.5. The highest BCUT2D eigenvalue weighted by atomic mass is 32.2. The molecule has 0 saturated heterocycles. The number of hydrogen-bond acceptors (Lipinski definition) is 5. The predicted octanol–water partition coefficient (Wildman–Crippen LogP) is 0.500. The normalized spacial score (nSPS) is 11.7. The summed E-state index contributed by atoms with van der Waals surface area (Å²) in [5, 5.41) is 7.63. The average Bonchev–Trinajstić information content (AvgIpc) is 2.83. The molecule has 8 heteroatoms. The molecule has 0 saturated carbocycles. The van der Waals surface area contributed by atoms with Gasteiger partial charge in [-0.25, -0.2) is 13.1 Å².